The third-order valence-electron chi connectivity index (χ3n) is 3.62. The molecule has 0 N–H and O–H groups in total. The fraction of sp³-hybridized carbons (Fsp3) is 0.278. The molecule has 3 nitrogen and oxygen atoms in total. The SMILES string of the molecule is CN(C)CCN(Cc1ccc(F)c(F)c1)C(=O)c1cc(F)ccc1I. The Kier molecular flexibility index (Phi) is 6.83. The van der Waals surface area contributed by atoms with Crippen LogP contribution in [0.1, 0.15) is 15.9 Å². The van der Waals surface area contributed by atoms with Crippen molar-refractivity contribution < 1.29 is 18.0 Å². The van der Waals surface area contributed by atoms with Crippen molar-refractivity contribution in [3.05, 3.63) is 68.5 Å². The van der Waals surface area contributed by atoms with E-state index in [0.717, 1.165) is 12.1 Å². The number of benzene rings is 2. The topological polar surface area (TPSA) is 23.6 Å². The minimum Gasteiger partial charge on any atom is -0.333 e. The van der Waals surface area contributed by atoms with E-state index in [0.29, 0.717) is 22.2 Å². The van der Waals surface area contributed by atoms with Gasteiger partial charge in [0.25, 0.3) is 5.91 Å². The first-order valence-corrected chi connectivity index (χ1v) is 8.69. The van der Waals surface area contributed by atoms with E-state index in [1.807, 2.05) is 41.6 Å². The number of carbonyl (C=O) groups is 1. The maximum absolute atomic E-state index is 13.5. The average Bonchev–Trinajstić information content (AvgIpc) is 2.56. The van der Waals surface area contributed by atoms with Gasteiger partial charge in [0.1, 0.15) is 5.82 Å². The molecule has 0 bridgehead atoms. The molecular weight excluding hydrogens is 444 g/mol. The van der Waals surface area contributed by atoms with Crippen LogP contribution in [0.25, 0.3) is 0 Å². The molecule has 134 valence electrons. The fourth-order valence-electron chi connectivity index (χ4n) is 2.26. The van der Waals surface area contributed by atoms with Crippen LogP contribution in [0, 0.1) is 21.0 Å². The minimum atomic E-state index is -0.960. The summed E-state index contributed by atoms with van der Waals surface area (Å²) >= 11 is 1.97. The monoisotopic (exact) mass is 462 g/mol. The van der Waals surface area contributed by atoms with Crippen molar-refractivity contribution in [2.45, 2.75) is 6.54 Å². The third-order valence-corrected chi connectivity index (χ3v) is 4.56. The highest BCUT2D eigenvalue weighted by molar-refractivity contribution is 14.1. The zero-order valence-corrected chi connectivity index (χ0v) is 16.1. The Bertz CT molecular complexity index is 768. The Balaban J connectivity index is 2.29. The molecule has 2 rings (SSSR count). The molecule has 2 aromatic rings. The van der Waals surface area contributed by atoms with E-state index < -0.39 is 17.5 Å². The number of halogens is 4. The molecule has 0 fully saturated rings. The lowest BCUT2D eigenvalue weighted by atomic mass is 10.1. The molecule has 0 saturated carbocycles. The van der Waals surface area contributed by atoms with Gasteiger partial charge in [0.2, 0.25) is 0 Å². The predicted molar refractivity (Wildman–Crippen MR) is 98.8 cm³/mol. The fourth-order valence-corrected chi connectivity index (χ4v) is 2.83. The molecule has 0 aliphatic carbocycles. The Morgan fingerprint density at radius 2 is 1.72 bits per heavy atom. The molecule has 0 radical (unpaired) electrons. The lowest BCUT2D eigenvalue weighted by Gasteiger charge is -2.25. The molecule has 25 heavy (non-hydrogen) atoms. The molecule has 0 heterocycles. The summed E-state index contributed by atoms with van der Waals surface area (Å²) in [5.74, 6) is -2.74. The standard InChI is InChI=1S/C18H18F3IN2O/c1-23(2)7-8-24(11-12-3-5-15(20)16(21)9-12)18(25)14-10-13(19)4-6-17(14)22/h3-6,9-10H,7-8,11H2,1-2H3. The van der Waals surface area contributed by atoms with Gasteiger partial charge in [-0.2, -0.15) is 0 Å². The largest absolute Gasteiger partial charge is 0.333 e. The maximum atomic E-state index is 13.5. The van der Waals surface area contributed by atoms with Crippen molar-refractivity contribution in [1.82, 2.24) is 9.80 Å². The van der Waals surface area contributed by atoms with Crippen molar-refractivity contribution in [3.8, 4) is 0 Å². The summed E-state index contributed by atoms with van der Waals surface area (Å²) in [4.78, 5) is 16.3. The molecule has 0 aliphatic heterocycles. The molecule has 0 atom stereocenters. The highest BCUT2D eigenvalue weighted by Gasteiger charge is 2.20. The van der Waals surface area contributed by atoms with Gasteiger partial charge >= 0.3 is 0 Å². The Morgan fingerprint density at radius 3 is 2.36 bits per heavy atom. The number of rotatable bonds is 6. The summed E-state index contributed by atoms with van der Waals surface area (Å²) in [5.41, 5.74) is 0.722. The first kappa shape index (κ1) is 19.7. The number of amides is 1. The van der Waals surface area contributed by atoms with Crippen molar-refractivity contribution >= 4 is 28.5 Å². The van der Waals surface area contributed by atoms with Gasteiger partial charge in [-0.3, -0.25) is 4.79 Å². The number of likely N-dealkylation sites (N-methyl/N-ethyl adjacent to an activating group) is 1. The van der Waals surface area contributed by atoms with Crippen LogP contribution >= 0.6 is 22.6 Å². The summed E-state index contributed by atoms with van der Waals surface area (Å²) < 4.78 is 40.7. The summed E-state index contributed by atoms with van der Waals surface area (Å²) in [7, 11) is 3.73. The summed E-state index contributed by atoms with van der Waals surface area (Å²) in [5, 5.41) is 0. The highest BCUT2D eigenvalue weighted by Crippen LogP contribution is 2.18. The molecule has 0 aromatic heterocycles. The quantitative estimate of drug-likeness (QED) is 0.608. The third kappa shape index (κ3) is 5.43. The van der Waals surface area contributed by atoms with Gasteiger partial charge in [-0.1, -0.05) is 6.07 Å². The summed E-state index contributed by atoms with van der Waals surface area (Å²) in [6, 6.07) is 7.55. The molecule has 2 aromatic carbocycles. The Hall–Kier alpha value is -1.61. The normalized spacial score (nSPS) is 11.0. The Morgan fingerprint density at radius 1 is 1.00 bits per heavy atom. The molecule has 0 saturated heterocycles. The van der Waals surface area contributed by atoms with Crippen LogP contribution < -0.4 is 0 Å². The predicted octanol–water partition coefficient (Wildman–Crippen LogP) is 3.91. The van der Waals surface area contributed by atoms with Gasteiger partial charge < -0.3 is 9.80 Å². The lowest BCUT2D eigenvalue weighted by Crippen LogP contribution is -2.36. The van der Waals surface area contributed by atoms with Gasteiger partial charge in [-0.15, -0.1) is 0 Å². The second-order valence-electron chi connectivity index (χ2n) is 5.90. The van der Waals surface area contributed by atoms with Crippen molar-refractivity contribution in [2.75, 3.05) is 27.2 Å². The maximum Gasteiger partial charge on any atom is 0.255 e. The van der Waals surface area contributed by atoms with Gasteiger partial charge in [0, 0.05) is 23.2 Å². The molecular formula is C18H18F3IN2O. The summed E-state index contributed by atoms with van der Waals surface area (Å²) in [6.07, 6.45) is 0. The lowest BCUT2D eigenvalue weighted by molar-refractivity contribution is 0.0730. The van der Waals surface area contributed by atoms with Crippen LogP contribution in [0.5, 0.6) is 0 Å². The van der Waals surface area contributed by atoms with Crippen LogP contribution in [-0.4, -0.2) is 42.9 Å². The van der Waals surface area contributed by atoms with E-state index in [4.69, 9.17) is 0 Å². The smallest absolute Gasteiger partial charge is 0.255 e. The van der Waals surface area contributed by atoms with Crippen molar-refractivity contribution in [2.24, 2.45) is 0 Å². The van der Waals surface area contributed by atoms with E-state index in [2.05, 4.69) is 0 Å². The second-order valence-corrected chi connectivity index (χ2v) is 7.06. The number of hydrogen-bond acceptors (Lipinski definition) is 2. The zero-order valence-electron chi connectivity index (χ0n) is 13.9. The average molecular weight is 462 g/mol. The number of carbonyl (C=O) groups excluding carboxylic acids is 1. The van der Waals surface area contributed by atoms with Gasteiger partial charge in [0.05, 0.1) is 5.56 Å². The Labute approximate surface area is 158 Å². The number of nitrogens with zero attached hydrogens (tertiary/aromatic N) is 2. The minimum absolute atomic E-state index is 0.108. The highest BCUT2D eigenvalue weighted by atomic mass is 127. The molecule has 0 spiro atoms. The number of hydrogen-bond donors (Lipinski definition) is 0. The molecule has 0 unspecified atom stereocenters. The van der Waals surface area contributed by atoms with Crippen molar-refractivity contribution in [3.63, 3.8) is 0 Å². The van der Waals surface area contributed by atoms with Crippen molar-refractivity contribution in [1.29, 1.82) is 0 Å². The van der Waals surface area contributed by atoms with E-state index in [9.17, 15) is 18.0 Å². The van der Waals surface area contributed by atoms with Gasteiger partial charge in [0.15, 0.2) is 11.6 Å². The first-order valence-electron chi connectivity index (χ1n) is 7.61. The van der Waals surface area contributed by atoms with Crippen LogP contribution in [-0.2, 0) is 6.54 Å². The van der Waals surface area contributed by atoms with E-state index in [1.54, 1.807) is 0 Å². The van der Waals surface area contributed by atoms with E-state index in [1.165, 1.54) is 29.2 Å². The molecule has 1 amide bonds. The van der Waals surface area contributed by atoms with E-state index >= 15 is 0 Å². The van der Waals surface area contributed by atoms with Gasteiger partial charge in [-0.25, -0.2) is 13.2 Å². The summed E-state index contributed by atoms with van der Waals surface area (Å²) in [6.45, 7) is 1.06. The molecule has 7 heteroatoms. The zero-order chi connectivity index (χ0) is 18.6. The first-order chi connectivity index (χ1) is 11.8. The van der Waals surface area contributed by atoms with Gasteiger partial charge in [-0.05, 0) is 72.6 Å². The van der Waals surface area contributed by atoms with Crippen LogP contribution in [0.2, 0.25) is 0 Å². The van der Waals surface area contributed by atoms with Crippen LogP contribution in [0.15, 0.2) is 36.4 Å². The molecule has 0 aliphatic rings. The van der Waals surface area contributed by atoms with E-state index in [-0.39, 0.29) is 18.0 Å². The second kappa shape index (κ2) is 8.66. The van der Waals surface area contributed by atoms with Crippen LogP contribution in [0.3, 0.4) is 0 Å². The van der Waals surface area contributed by atoms with Crippen LogP contribution in [0.4, 0.5) is 13.2 Å².